The first-order valence-corrected chi connectivity index (χ1v) is 12.4. The van der Waals surface area contributed by atoms with Gasteiger partial charge in [-0.2, -0.15) is 10.2 Å². The predicted octanol–water partition coefficient (Wildman–Crippen LogP) is 3.08. The number of nitrogens with zero attached hydrogens (tertiary/aromatic N) is 7. The zero-order valence-electron chi connectivity index (χ0n) is 21.2. The van der Waals surface area contributed by atoms with Crippen LogP contribution in [0, 0.1) is 5.41 Å². The van der Waals surface area contributed by atoms with Crippen LogP contribution in [0.3, 0.4) is 0 Å². The van der Waals surface area contributed by atoms with Crippen molar-refractivity contribution >= 4 is 11.3 Å². The number of H-pyrrole nitrogens is 1. The number of nitrogens with one attached hydrogen (secondary N) is 1. The van der Waals surface area contributed by atoms with Crippen LogP contribution in [-0.2, 0) is 4.74 Å². The van der Waals surface area contributed by atoms with Crippen LogP contribution in [0.1, 0.15) is 25.3 Å². The molecule has 0 aromatic carbocycles. The molecule has 36 heavy (non-hydrogen) atoms. The van der Waals surface area contributed by atoms with Gasteiger partial charge in [-0.15, -0.1) is 0 Å². The molecule has 0 radical (unpaired) electrons. The van der Waals surface area contributed by atoms with Crippen LogP contribution in [0.25, 0.3) is 28.3 Å². The normalized spacial score (nSPS) is 17.1. The van der Waals surface area contributed by atoms with Crippen LogP contribution in [0.2, 0.25) is 0 Å². The number of ether oxygens (including phenoxy) is 2. The molecule has 0 atom stereocenters. The molecule has 0 aliphatic carbocycles. The summed E-state index contributed by atoms with van der Waals surface area (Å²) in [6.07, 6.45) is 5.45. The molecule has 2 saturated heterocycles. The third-order valence-electron chi connectivity index (χ3n) is 7.37. The predicted molar refractivity (Wildman–Crippen MR) is 137 cm³/mol. The molecule has 188 valence electrons. The number of aromatic amines is 1. The Balaban J connectivity index is 1.22. The van der Waals surface area contributed by atoms with E-state index in [-0.39, 0.29) is 5.92 Å². The van der Waals surface area contributed by atoms with E-state index in [1.54, 1.807) is 18.7 Å². The highest BCUT2D eigenvalue weighted by molar-refractivity contribution is 5.75. The molecule has 0 bridgehead atoms. The maximum atomic E-state index is 5.56. The summed E-state index contributed by atoms with van der Waals surface area (Å²) in [6, 6.07) is 6.22. The van der Waals surface area contributed by atoms with Crippen LogP contribution in [-0.4, -0.2) is 88.2 Å². The summed E-state index contributed by atoms with van der Waals surface area (Å²) in [5.74, 6) is 0.904. The van der Waals surface area contributed by atoms with Gasteiger partial charge in [0.2, 0.25) is 0 Å². The number of pyridine rings is 2. The van der Waals surface area contributed by atoms with Crippen LogP contribution in [0.5, 0.6) is 5.75 Å². The smallest absolute Gasteiger partial charge is 0.197 e. The van der Waals surface area contributed by atoms with E-state index < -0.39 is 0 Å². The zero-order chi connectivity index (χ0) is 24.9. The van der Waals surface area contributed by atoms with Crippen molar-refractivity contribution in [3.05, 3.63) is 42.5 Å². The maximum Gasteiger partial charge on any atom is 0.197 e. The fourth-order valence-electron chi connectivity index (χ4n) is 5.65. The molecule has 2 aliphatic heterocycles. The van der Waals surface area contributed by atoms with Gasteiger partial charge in [0.25, 0.3) is 0 Å². The highest BCUT2D eigenvalue weighted by atomic mass is 16.5. The van der Waals surface area contributed by atoms with Crippen LogP contribution in [0.4, 0.5) is 5.69 Å². The molecule has 6 rings (SSSR count). The van der Waals surface area contributed by atoms with Gasteiger partial charge in [-0.05, 0) is 24.1 Å². The van der Waals surface area contributed by atoms with Gasteiger partial charge >= 0.3 is 0 Å². The van der Waals surface area contributed by atoms with Gasteiger partial charge in [0.1, 0.15) is 12.0 Å². The van der Waals surface area contributed by atoms with Crippen LogP contribution < -0.4 is 9.64 Å². The highest BCUT2D eigenvalue weighted by Crippen LogP contribution is 2.42. The standard InChI is InChI=1S/C26H32N8O2/c1-17(2)22-23(18-9-21(36-4)25-28-16-29-34(25)11-18)30-31-24(22)20-6-5-19(10-27-20)33-14-26(15-33)12-32(13-26)7-8-35-3/h5-6,9-11,16-17H,7-8,12-15H2,1-4H3,(H,30,31). The summed E-state index contributed by atoms with van der Waals surface area (Å²) < 4.78 is 12.5. The molecule has 1 N–H and O–H groups in total. The van der Waals surface area contributed by atoms with Crippen molar-refractivity contribution in [3.63, 3.8) is 0 Å². The second kappa shape index (κ2) is 8.86. The Morgan fingerprint density at radius 2 is 1.94 bits per heavy atom. The molecule has 1 spiro atoms. The molecule has 6 heterocycles. The minimum Gasteiger partial charge on any atom is -0.493 e. The Bertz CT molecular complexity index is 1360. The van der Waals surface area contributed by atoms with E-state index in [0.717, 1.165) is 67.5 Å². The Hall–Kier alpha value is -3.50. The monoisotopic (exact) mass is 488 g/mol. The van der Waals surface area contributed by atoms with E-state index in [0.29, 0.717) is 16.8 Å². The molecule has 4 aromatic rings. The van der Waals surface area contributed by atoms with Gasteiger partial charge in [0, 0.05) is 62.6 Å². The first-order valence-electron chi connectivity index (χ1n) is 12.4. The minimum atomic E-state index is 0.238. The molecule has 2 aliphatic rings. The van der Waals surface area contributed by atoms with Crippen LogP contribution in [0.15, 0.2) is 36.9 Å². The number of methoxy groups -OCH3 is 2. The van der Waals surface area contributed by atoms with Gasteiger partial charge in [-0.25, -0.2) is 9.50 Å². The molecule has 4 aromatic heterocycles. The zero-order valence-corrected chi connectivity index (χ0v) is 21.2. The number of aromatic nitrogens is 6. The quantitative estimate of drug-likeness (QED) is 0.404. The first kappa shape index (κ1) is 22.9. The van der Waals surface area contributed by atoms with Crippen LogP contribution >= 0.6 is 0 Å². The maximum absolute atomic E-state index is 5.56. The van der Waals surface area contributed by atoms with E-state index in [4.69, 9.17) is 19.6 Å². The number of anilines is 1. The lowest BCUT2D eigenvalue weighted by atomic mass is 9.72. The molecular weight excluding hydrogens is 456 g/mol. The Morgan fingerprint density at radius 3 is 2.64 bits per heavy atom. The average Bonchev–Trinajstić information content (AvgIpc) is 3.49. The minimum absolute atomic E-state index is 0.238. The largest absolute Gasteiger partial charge is 0.493 e. The van der Waals surface area contributed by atoms with E-state index in [1.165, 1.54) is 12.0 Å². The van der Waals surface area contributed by atoms with E-state index >= 15 is 0 Å². The fraction of sp³-hybridized carbons (Fsp3) is 0.462. The molecule has 0 saturated carbocycles. The summed E-state index contributed by atoms with van der Waals surface area (Å²) >= 11 is 0. The SMILES string of the molecule is COCCN1CC2(C1)CN(c1ccc(-c3n[nH]c(-c4cc(OC)c5ncnn5c4)c3C(C)C)nc1)C2. The third kappa shape index (κ3) is 3.81. The molecule has 2 fully saturated rings. The average molecular weight is 489 g/mol. The Morgan fingerprint density at radius 1 is 1.11 bits per heavy atom. The van der Waals surface area contributed by atoms with Crippen molar-refractivity contribution in [2.24, 2.45) is 5.41 Å². The van der Waals surface area contributed by atoms with Crippen molar-refractivity contribution in [1.82, 2.24) is 34.7 Å². The van der Waals surface area contributed by atoms with Crippen molar-refractivity contribution in [1.29, 1.82) is 0 Å². The van der Waals surface area contributed by atoms with E-state index in [1.807, 2.05) is 18.5 Å². The first-order chi connectivity index (χ1) is 17.5. The number of rotatable bonds is 8. The summed E-state index contributed by atoms with van der Waals surface area (Å²) in [4.78, 5) is 14.0. The highest BCUT2D eigenvalue weighted by Gasteiger charge is 2.51. The fourth-order valence-corrected chi connectivity index (χ4v) is 5.65. The van der Waals surface area contributed by atoms with Crippen molar-refractivity contribution in [2.75, 3.05) is 58.5 Å². The van der Waals surface area contributed by atoms with Crippen molar-refractivity contribution < 1.29 is 9.47 Å². The van der Waals surface area contributed by atoms with Crippen molar-refractivity contribution in [2.45, 2.75) is 19.8 Å². The summed E-state index contributed by atoms with van der Waals surface area (Å²) in [5, 5.41) is 12.2. The summed E-state index contributed by atoms with van der Waals surface area (Å²) in [6.45, 7) is 10.7. The number of hydrogen-bond donors (Lipinski definition) is 1. The number of likely N-dealkylation sites (tertiary alicyclic amines) is 1. The van der Waals surface area contributed by atoms with E-state index in [2.05, 4.69) is 51.0 Å². The topological polar surface area (TPSA) is 96.7 Å². The van der Waals surface area contributed by atoms with Gasteiger partial charge < -0.3 is 14.4 Å². The van der Waals surface area contributed by atoms with Gasteiger partial charge in [0.05, 0.1) is 37.0 Å². The van der Waals surface area contributed by atoms with E-state index in [9.17, 15) is 0 Å². The lowest BCUT2D eigenvalue weighted by Crippen LogP contribution is -2.72. The molecule has 0 unspecified atom stereocenters. The molecule has 10 heteroatoms. The lowest BCUT2D eigenvalue weighted by Gasteiger charge is -2.61. The molecular formula is C26H32N8O2. The molecule has 10 nitrogen and oxygen atoms in total. The number of hydrogen-bond acceptors (Lipinski definition) is 8. The van der Waals surface area contributed by atoms with Gasteiger partial charge in [-0.1, -0.05) is 13.8 Å². The van der Waals surface area contributed by atoms with Gasteiger partial charge in [-0.3, -0.25) is 15.0 Å². The molecule has 0 amide bonds. The lowest BCUT2D eigenvalue weighted by molar-refractivity contribution is -0.0327. The number of fused-ring (bicyclic) bond motifs is 1. The van der Waals surface area contributed by atoms with Crippen molar-refractivity contribution in [3.8, 4) is 28.4 Å². The Labute approximate surface area is 210 Å². The summed E-state index contributed by atoms with van der Waals surface area (Å²) in [5.41, 5.74) is 7.03. The summed E-state index contributed by atoms with van der Waals surface area (Å²) in [7, 11) is 3.41. The second-order valence-corrected chi connectivity index (χ2v) is 10.3. The third-order valence-corrected chi connectivity index (χ3v) is 7.37. The Kier molecular flexibility index (Phi) is 5.65. The second-order valence-electron chi connectivity index (χ2n) is 10.3. The van der Waals surface area contributed by atoms with Gasteiger partial charge in [0.15, 0.2) is 11.4 Å².